The molecule has 0 saturated carbocycles. The van der Waals surface area contributed by atoms with Gasteiger partial charge in [0.2, 0.25) is 0 Å². The summed E-state index contributed by atoms with van der Waals surface area (Å²) in [4.78, 5) is 0. The van der Waals surface area contributed by atoms with Crippen molar-refractivity contribution in [2.75, 3.05) is 19.7 Å². The number of ether oxygens (including phenoxy) is 2. The third kappa shape index (κ3) is 3.61. The molecule has 0 N–H and O–H groups in total. The number of hydrogen-bond acceptors (Lipinski definition) is 2. The van der Waals surface area contributed by atoms with E-state index in [9.17, 15) is 13.2 Å². The van der Waals surface area contributed by atoms with Gasteiger partial charge in [0.05, 0.1) is 12.7 Å². The van der Waals surface area contributed by atoms with Gasteiger partial charge in [0, 0.05) is 13.1 Å². The van der Waals surface area contributed by atoms with Crippen molar-refractivity contribution in [3.05, 3.63) is 29.8 Å². The van der Waals surface area contributed by atoms with E-state index in [1.807, 2.05) is 0 Å². The van der Waals surface area contributed by atoms with Crippen LogP contribution in [-0.2, 0) is 4.74 Å². The van der Waals surface area contributed by atoms with Crippen molar-refractivity contribution in [2.24, 2.45) is 0 Å². The quantitative estimate of drug-likeness (QED) is 0.801. The van der Waals surface area contributed by atoms with Gasteiger partial charge in [-0.05, 0) is 17.7 Å². The molecule has 1 fully saturated rings. The zero-order valence-electron chi connectivity index (χ0n) is 8.91. The summed E-state index contributed by atoms with van der Waals surface area (Å²) in [6.07, 6.45) is -4.82. The highest BCUT2D eigenvalue weighted by atomic mass is 19.4. The molecule has 0 aliphatic carbocycles. The van der Waals surface area contributed by atoms with Crippen LogP contribution in [0.15, 0.2) is 24.3 Å². The van der Waals surface area contributed by atoms with E-state index in [4.69, 9.17) is 4.74 Å². The summed E-state index contributed by atoms with van der Waals surface area (Å²) in [6.45, 7) is 1.76. The maximum atomic E-state index is 11.9. The van der Waals surface area contributed by atoms with Gasteiger partial charge in [0.25, 0.3) is 0 Å². The molecule has 1 aliphatic heterocycles. The van der Waals surface area contributed by atoms with E-state index < -0.39 is 6.36 Å². The van der Waals surface area contributed by atoms with E-state index in [2.05, 4.69) is 10.1 Å². The van der Waals surface area contributed by atoms with Crippen LogP contribution in [0, 0.1) is 0 Å². The Balaban J connectivity index is 2.02. The SMILES string of the molecule is FC(F)(F)Oc1ccc([C@H]2C[N]CCO2)cc1. The van der Waals surface area contributed by atoms with Crippen LogP contribution in [0.2, 0.25) is 0 Å². The summed E-state index contributed by atoms with van der Waals surface area (Å²) < 4.78 is 45.0. The van der Waals surface area contributed by atoms with Crippen LogP contribution in [0.5, 0.6) is 5.75 Å². The Morgan fingerprint density at radius 3 is 2.47 bits per heavy atom. The van der Waals surface area contributed by atoms with E-state index in [1.54, 1.807) is 12.1 Å². The first kappa shape index (κ1) is 12.2. The van der Waals surface area contributed by atoms with E-state index in [0.29, 0.717) is 19.7 Å². The van der Waals surface area contributed by atoms with Gasteiger partial charge in [-0.25, -0.2) is 5.32 Å². The Bertz CT molecular complexity index is 358. The van der Waals surface area contributed by atoms with Crippen molar-refractivity contribution in [2.45, 2.75) is 12.5 Å². The van der Waals surface area contributed by atoms with Crippen LogP contribution >= 0.6 is 0 Å². The third-order valence-electron chi connectivity index (χ3n) is 2.35. The van der Waals surface area contributed by atoms with Gasteiger partial charge < -0.3 is 9.47 Å². The first-order valence-electron chi connectivity index (χ1n) is 5.15. The highest BCUT2D eigenvalue weighted by Gasteiger charge is 2.31. The molecule has 2 rings (SSSR count). The van der Waals surface area contributed by atoms with Gasteiger partial charge in [-0.2, -0.15) is 0 Å². The van der Waals surface area contributed by atoms with Crippen molar-refractivity contribution < 1.29 is 22.6 Å². The molecule has 0 amide bonds. The van der Waals surface area contributed by atoms with Crippen molar-refractivity contribution in [1.29, 1.82) is 0 Å². The molecule has 1 saturated heterocycles. The second kappa shape index (κ2) is 4.93. The molecule has 17 heavy (non-hydrogen) atoms. The molecule has 1 radical (unpaired) electrons. The summed E-state index contributed by atoms with van der Waals surface area (Å²) >= 11 is 0. The fourth-order valence-electron chi connectivity index (χ4n) is 1.61. The summed E-state index contributed by atoms with van der Waals surface area (Å²) in [5, 5.41) is 4.18. The lowest BCUT2D eigenvalue weighted by Gasteiger charge is -2.22. The minimum absolute atomic E-state index is 0.163. The summed E-state index contributed by atoms with van der Waals surface area (Å²) in [7, 11) is 0. The van der Waals surface area contributed by atoms with E-state index in [0.717, 1.165) is 5.56 Å². The molecule has 0 aromatic heterocycles. The van der Waals surface area contributed by atoms with Crippen LogP contribution in [0.4, 0.5) is 13.2 Å². The molecule has 1 aliphatic rings. The molecule has 93 valence electrons. The van der Waals surface area contributed by atoms with Crippen molar-refractivity contribution in [3.63, 3.8) is 0 Å². The number of morpholine rings is 1. The standard InChI is InChI=1S/C11H11F3NO2/c12-11(13,14)17-9-3-1-8(2-4-9)10-7-15-5-6-16-10/h1-4,10H,5-7H2/t10-/m1/s1. The molecule has 1 aromatic rings. The van der Waals surface area contributed by atoms with Gasteiger partial charge >= 0.3 is 6.36 Å². The minimum Gasteiger partial charge on any atom is -0.406 e. The Morgan fingerprint density at radius 2 is 1.94 bits per heavy atom. The van der Waals surface area contributed by atoms with Gasteiger partial charge in [-0.3, -0.25) is 0 Å². The lowest BCUT2D eigenvalue weighted by atomic mass is 10.1. The Morgan fingerprint density at radius 1 is 1.24 bits per heavy atom. The largest absolute Gasteiger partial charge is 0.573 e. The van der Waals surface area contributed by atoms with Gasteiger partial charge in [0.15, 0.2) is 0 Å². The topological polar surface area (TPSA) is 32.6 Å². The second-order valence-corrected chi connectivity index (χ2v) is 3.61. The van der Waals surface area contributed by atoms with Crippen LogP contribution in [0.1, 0.15) is 11.7 Å². The number of halogens is 3. The van der Waals surface area contributed by atoms with Gasteiger partial charge in [-0.1, -0.05) is 12.1 Å². The normalized spacial score (nSPS) is 21.2. The monoisotopic (exact) mass is 246 g/mol. The number of rotatable bonds is 2. The molecule has 1 heterocycles. The summed E-state index contributed by atoms with van der Waals surface area (Å²) in [5.74, 6) is -0.228. The van der Waals surface area contributed by atoms with Gasteiger partial charge in [0.1, 0.15) is 5.75 Å². The molecule has 0 spiro atoms. The lowest BCUT2D eigenvalue weighted by Crippen LogP contribution is -2.28. The summed E-state index contributed by atoms with van der Waals surface area (Å²) in [6, 6.07) is 5.68. The summed E-state index contributed by atoms with van der Waals surface area (Å²) in [5.41, 5.74) is 0.808. The number of nitrogens with zero attached hydrogens (tertiary/aromatic N) is 1. The zero-order valence-corrected chi connectivity index (χ0v) is 8.91. The van der Waals surface area contributed by atoms with Crippen LogP contribution in [0.3, 0.4) is 0 Å². The third-order valence-corrected chi connectivity index (χ3v) is 2.35. The average molecular weight is 246 g/mol. The zero-order chi connectivity index (χ0) is 12.3. The van der Waals surface area contributed by atoms with Crippen molar-refractivity contribution in [3.8, 4) is 5.75 Å². The van der Waals surface area contributed by atoms with E-state index >= 15 is 0 Å². The molecule has 3 nitrogen and oxygen atoms in total. The second-order valence-electron chi connectivity index (χ2n) is 3.61. The fraction of sp³-hybridized carbons (Fsp3) is 0.455. The van der Waals surface area contributed by atoms with Gasteiger partial charge in [-0.15, -0.1) is 13.2 Å². The lowest BCUT2D eigenvalue weighted by molar-refractivity contribution is -0.274. The van der Waals surface area contributed by atoms with E-state index in [-0.39, 0.29) is 11.9 Å². The number of hydrogen-bond donors (Lipinski definition) is 0. The fourth-order valence-corrected chi connectivity index (χ4v) is 1.61. The Labute approximate surface area is 96.5 Å². The molecule has 1 aromatic carbocycles. The maximum Gasteiger partial charge on any atom is 0.573 e. The predicted molar refractivity (Wildman–Crippen MR) is 53.7 cm³/mol. The molecule has 0 unspecified atom stereocenters. The minimum atomic E-state index is -4.65. The number of benzene rings is 1. The molecule has 0 bridgehead atoms. The predicted octanol–water partition coefficient (Wildman–Crippen LogP) is 2.26. The van der Waals surface area contributed by atoms with Crippen LogP contribution in [-0.4, -0.2) is 26.1 Å². The first-order valence-corrected chi connectivity index (χ1v) is 5.15. The number of alkyl halides is 3. The Kier molecular flexibility index (Phi) is 3.54. The molecular formula is C11H11F3NO2. The van der Waals surface area contributed by atoms with Crippen LogP contribution < -0.4 is 10.1 Å². The highest BCUT2D eigenvalue weighted by Crippen LogP contribution is 2.25. The van der Waals surface area contributed by atoms with Crippen molar-refractivity contribution in [1.82, 2.24) is 5.32 Å². The van der Waals surface area contributed by atoms with E-state index in [1.165, 1.54) is 12.1 Å². The molecule has 1 atom stereocenters. The maximum absolute atomic E-state index is 11.9. The Hall–Kier alpha value is -1.27. The average Bonchev–Trinajstić information content (AvgIpc) is 2.29. The first-order chi connectivity index (χ1) is 8.04. The highest BCUT2D eigenvalue weighted by molar-refractivity contribution is 5.29. The molecule has 6 heteroatoms. The smallest absolute Gasteiger partial charge is 0.406 e. The molecular weight excluding hydrogens is 235 g/mol. The van der Waals surface area contributed by atoms with Crippen LogP contribution in [0.25, 0.3) is 0 Å². The van der Waals surface area contributed by atoms with Crippen molar-refractivity contribution >= 4 is 0 Å².